The van der Waals surface area contributed by atoms with Crippen molar-refractivity contribution in [2.45, 2.75) is 38.5 Å². The molecule has 7 nitrogen and oxygen atoms in total. The number of nitro benzene ring substituents is 1. The van der Waals surface area contributed by atoms with Crippen molar-refractivity contribution in [2.75, 3.05) is 41.3 Å². The molecule has 0 atom stereocenters. The van der Waals surface area contributed by atoms with E-state index in [0.717, 1.165) is 37.2 Å². The summed E-state index contributed by atoms with van der Waals surface area (Å²) in [5, 5.41) is 14.2. The number of hydrogen-bond acceptors (Lipinski definition) is 5. The molecule has 1 amide bonds. The maximum Gasteiger partial charge on any atom is 0.292 e. The van der Waals surface area contributed by atoms with Gasteiger partial charge in [0.15, 0.2) is 0 Å². The van der Waals surface area contributed by atoms with Gasteiger partial charge in [0.25, 0.3) is 17.5 Å². The van der Waals surface area contributed by atoms with E-state index in [1.54, 1.807) is 6.07 Å². The number of carbonyl (C=O) groups is 1. The Morgan fingerprint density at radius 1 is 1.00 bits per heavy atom. The van der Waals surface area contributed by atoms with Crippen molar-refractivity contribution < 1.29 is 18.5 Å². The summed E-state index contributed by atoms with van der Waals surface area (Å²) in [5.41, 5.74) is 3.14. The van der Waals surface area contributed by atoms with Gasteiger partial charge in [-0.3, -0.25) is 14.9 Å². The van der Waals surface area contributed by atoms with Crippen molar-refractivity contribution in [2.24, 2.45) is 5.41 Å². The molecule has 1 N–H and O–H groups in total. The number of aryl methyl sites for hydroxylation is 1. The minimum absolute atomic E-state index is 0.0821. The second kappa shape index (κ2) is 7.67. The quantitative estimate of drug-likeness (QED) is 0.507. The molecule has 33 heavy (non-hydrogen) atoms. The van der Waals surface area contributed by atoms with E-state index in [9.17, 15) is 23.7 Å². The van der Waals surface area contributed by atoms with E-state index in [2.05, 4.69) is 10.2 Å². The van der Waals surface area contributed by atoms with Crippen LogP contribution < -0.4 is 15.1 Å². The van der Waals surface area contributed by atoms with Crippen molar-refractivity contribution in [3.63, 3.8) is 0 Å². The van der Waals surface area contributed by atoms with Gasteiger partial charge in [-0.2, -0.15) is 0 Å². The molecule has 0 unspecified atom stereocenters. The zero-order valence-electron chi connectivity index (χ0n) is 18.4. The van der Waals surface area contributed by atoms with Crippen LogP contribution in [0.5, 0.6) is 0 Å². The fraction of sp³-hybridized carbons (Fsp3) is 0.458. The lowest BCUT2D eigenvalue weighted by Gasteiger charge is -2.40. The molecule has 174 valence electrons. The lowest BCUT2D eigenvalue weighted by molar-refractivity contribution is -0.384. The predicted octanol–water partition coefficient (Wildman–Crippen LogP) is 4.99. The summed E-state index contributed by atoms with van der Waals surface area (Å²) in [7, 11) is 0. The van der Waals surface area contributed by atoms with Crippen LogP contribution in [0.15, 0.2) is 36.4 Å². The highest BCUT2D eigenvalue weighted by Gasteiger charge is 2.46. The summed E-state index contributed by atoms with van der Waals surface area (Å²) in [4.78, 5) is 27.5. The van der Waals surface area contributed by atoms with Crippen LogP contribution in [0.25, 0.3) is 0 Å². The highest BCUT2D eigenvalue weighted by molar-refractivity contribution is 6.08. The predicted molar refractivity (Wildman–Crippen MR) is 123 cm³/mol. The first kappa shape index (κ1) is 21.6. The molecule has 0 bridgehead atoms. The number of halogens is 2. The van der Waals surface area contributed by atoms with Gasteiger partial charge < -0.3 is 15.1 Å². The number of benzene rings is 2. The summed E-state index contributed by atoms with van der Waals surface area (Å²) in [6.07, 6.45) is 4.86. The molecule has 3 fully saturated rings. The number of hydrogen-bond donors (Lipinski definition) is 1. The van der Waals surface area contributed by atoms with Crippen LogP contribution in [0.1, 0.15) is 41.6 Å². The van der Waals surface area contributed by atoms with Gasteiger partial charge in [0.05, 0.1) is 23.6 Å². The van der Waals surface area contributed by atoms with E-state index >= 15 is 0 Å². The Hall–Kier alpha value is -3.23. The SMILES string of the molecule is Cc1ccc(C(=O)Nc2ccc([N+](=O)[O-])c(N3CC(F)(F)C3)c2)c(N2CCC3(CC2)CC3)c1. The van der Waals surface area contributed by atoms with Gasteiger partial charge in [0, 0.05) is 30.5 Å². The molecule has 2 heterocycles. The fourth-order valence-electron chi connectivity index (χ4n) is 4.88. The van der Waals surface area contributed by atoms with E-state index in [4.69, 9.17) is 0 Å². The first-order valence-electron chi connectivity index (χ1n) is 11.2. The second-order valence-electron chi connectivity index (χ2n) is 9.63. The molecule has 2 aromatic carbocycles. The van der Waals surface area contributed by atoms with E-state index in [0.29, 0.717) is 16.7 Å². The van der Waals surface area contributed by atoms with Crippen molar-refractivity contribution in [1.82, 2.24) is 0 Å². The monoisotopic (exact) mass is 456 g/mol. The Labute approximate surface area is 190 Å². The minimum Gasteiger partial charge on any atom is -0.371 e. The van der Waals surface area contributed by atoms with Gasteiger partial charge >= 0.3 is 0 Å². The summed E-state index contributed by atoms with van der Waals surface area (Å²) in [6, 6.07) is 9.78. The average Bonchev–Trinajstić information content (AvgIpc) is 3.51. The third-order valence-corrected chi connectivity index (χ3v) is 7.13. The molecule has 3 aliphatic rings. The Bertz CT molecular complexity index is 1110. The molecule has 9 heteroatoms. The Morgan fingerprint density at radius 2 is 1.70 bits per heavy atom. The smallest absolute Gasteiger partial charge is 0.292 e. The van der Waals surface area contributed by atoms with Crippen molar-refractivity contribution in [3.8, 4) is 0 Å². The number of nitrogens with one attached hydrogen (secondary N) is 1. The summed E-state index contributed by atoms with van der Waals surface area (Å²) < 4.78 is 26.7. The molecule has 0 aromatic heterocycles. The van der Waals surface area contributed by atoms with Gasteiger partial charge in [0.2, 0.25) is 0 Å². The molecule has 2 aliphatic heterocycles. The lowest BCUT2D eigenvalue weighted by atomic mass is 9.92. The maximum absolute atomic E-state index is 13.4. The fourth-order valence-corrected chi connectivity index (χ4v) is 4.88. The Kier molecular flexibility index (Phi) is 5.02. The van der Waals surface area contributed by atoms with Gasteiger partial charge in [-0.25, -0.2) is 8.78 Å². The molecule has 1 aliphatic carbocycles. The van der Waals surface area contributed by atoms with Crippen LogP contribution >= 0.6 is 0 Å². The topological polar surface area (TPSA) is 78.7 Å². The van der Waals surface area contributed by atoms with E-state index in [-0.39, 0.29) is 17.3 Å². The molecule has 1 saturated carbocycles. The lowest BCUT2D eigenvalue weighted by Crippen LogP contribution is -2.56. The first-order chi connectivity index (χ1) is 15.6. The normalized spacial score (nSPS) is 20.3. The van der Waals surface area contributed by atoms with Crippen molar-refractivity contribution in [1.29, 1.82) is 0 Å². The standard InChI is InChI=1S/C24H26F2N4O3/c1-16-2-4-18(20(12-16)28-10-8-23(6-7-23)9-11-28)22(31)27-17-3-5-19(30(32)33)21(13-17)29-14-24(25,26)15-29/h2-5,12-13H,6-11,14-15H2,1H3,(H,27,31). The van der Waals surface area contributed by atoms with Crippen LogP contribution in [-0.2, 0) is 0 Å². The molecule has 0 radical (unpaired) electrons. The third-order valence-electron chi connectivity index (χ3n) is 7.13. The third kappa shape index (κ3) is 4.24. The number of anilines is 3. The van der Waals surface area contributed by atoms with Crippen LogP contribution in [0, 0.1) is 22.5 Å². The van der Waals surface area contributed by atoms with Gasteiger partial charge in [-0.05, 0) is 67.9 Å². The van der Waals surface area contributed by atoms with Crippen molar-refractivity contribution in [3.05, 3.63) is 57.6 Å². The van der Waals surface area contributed by atoms with Crippen LogP contribution in [0.4, 0.5) is 31.5 Å². The highest BCUT2D eigenvalue weighted by Crippen LogP contribution is 2.54. The van der Waals surface area contributed by atoms with Crippen LogP contribution in [-0.4, -0.2) is 42.9 Å². The van der Waals surface area contributed by atoms with E-state index in [1.807, 2.05) is 19.1 Å². The Balaban J connectivity index is 1.38. The minimum atomic E-state index is -2.86. The largest absolute Gasteiger partial charge is 0.371 e. The number of nitrogens with zero attached hydrogens (tertiary/aromatic N) is 3. The summed E-state index contributed by atoms with van der Waals surface area (Å²) >= 11 is 0. The van der Waals surface area contributed by atoms with Crippen LogP contribution in [0.3, 0.4) is 0 Å². The number of alkyl halides is 2. The molecular formula is C24H26F2N4O3. The Morgan fingerprint density at radius 3 is 2.30 bits per heavy atom. The average molecular weight is 456 g/mol. The van der Waals surface area contributed by atoms with Crippen molar-refractivity contribution >= 4 is 28.7 Å². The molecule has 1 spiro atoms. The van der Waals surface area contributed by atoms with Gasteiger partial charge in [0.1, 0.15) is 5.69 Å². The number of rotatable bonds is 5. The number of amides is 1. The van der Waals surface area contributed by atoms with E-state index < -0.39 is 23.9 Å². The van der Waals surface area contributed by atoms with Gasteiger partial charge in [-0.1, -0.05) is 6.07 Å². The first-order valence-corrected chi connectivity index (χ1v) is 11.2. The number of piperidine rings is 1. The van der Waals surface area contributed by atoms with Crippen LogP contribution in [0.2, 0.25) is 0 Å². The second-order valence-corrected chi connectivity index (χ2v) is 9.63. The number of nitro groups is 1. The zero-order chi connectivity index (χ0) is 23.4. The summed E-state index contributed by atoms with van der Waals surface area (Å²) in [6.45, 7) is 2.65. The molecule has 2 aromatic rings. The maximum atomic E-state index is 13.4. The zero-order valence-corrected chi connectivity index (χ0v) is 18.4. The summed E-state index contributed by atoms with van der Waals surface area (Å²) in [5.74, 6) is -3.19. The molecule has 2 saturated heterocycles. The molecular weight excluding hydrogens is 430 g/mol. The number of carbonyl (C=O) groups excluding carboxylic acids is 1. The van der Waals surface area contributed by atoms with Gasteiger partial charge in [-0.15, -0.1) is 0 Å². The van der Waals surface area contributed by atoms with E-state index in [1.165, 1.54) is 35.9 Å². The highest BCUT2D eigenvalue weighted by atomic mass is 19.3. The molecule has 5 rings (SSSR count).